The monoisotopic (exact) mass is 241 g/mol. The second kappa shape index (κ2) is 4.98. The number of ether oxygens (including phenoxy) is 1. The van der Waals surface area contributed by atoms with E-state index in [0.29, 0.717) is 12.8 Å². The number of benzene rings is 1. The number of anilines is 1. The number of hydrogen-bond acceptors (Lipinski definition) is 4. The van der Waals surface area contributed by atoms with Crippen LogP contribution in [0.3, 0.4) is 0 Å². The first kappa shape index (κ1) is 12.3. The van der Waals surface area contributed by atoms with Crippen LogP contribution in [0.1, 0.15) is 12.8 Å². The highest BCUT2D eigenvalue weighted by atomic mass is 16.5. The van der Waals surface area contributed by atoms with Crippen LogP contribution in [0, 0.1) is 28.1 Å². The summed E-state index contributed by atoms with van der Waals surface area (Å²) in [7, 11) is 1.64. The van der Waals surface area contributed by atoms with Gasteiger partial charge in [-0.05, 0) is 37.1 Å². The minimum absolute atomic E-state index is 0.603. The molecule has 0 N–H and O–H groups in total. The van der Waals surface area contributed by atoms with Gasteiger partial charge in [0, 0.05) is 18.8 Å². The van der Waals surface area contributed by atoms with E-state index in [4.69, 9.17) is 15.3 Å². The molecule has 0 radical (unpaired) electrons. The van der Waals surface area contributed by atoms with Crippen LogP contribution >= 0.6 is 0 Å². The Bertz CT molecular complexity index is 471. The molecule has 0 aromatic heterocycles. The average Bonchev–Trinajstić information content (AvgIpc) is 2.47. The van der Waals surface area contributed by atoms with Crippen LogP contribution in [-0.2, 0) is 0 Å². The van der Waals surface area contributed by atoms with Gasteiger partial charge in [0.25, 0.3) is 0 Å². The Morgan fingerprint density at radius 1 is 1.11 bits per heavy atom. The quantitative estimate of drug-likeness (QED) is 0.797. The van der Waals surface area contributed by atoms with Crippen LogP contribution in [0.15, 0.2) is 24.3 Å². The summed E-state index contributed by atoms with van der Waals surface area (Å²) in [5, 5.41) is 18.1. The number of piperidine rings is 1. The van der Waals surface area contributed by atoms with Crippen LogP contribution in [0.2, 0.25) is 0 Å². The first-order valence-corrected chi connectivity index (χ1v) is 5.94. The van der Waals surface area contributed by atoms with Gasteiger partial charge in [-0.2, -0.15) is 10.5 Å². The summed E-state index contributed by atoms with van der Waals surface area (Å²) < 4.78 is 5.12. The van der Waals surface area contributed by atoms with Crippen LogP contribution < -0.4 is 9.64 Å². The summed E-state index contributed by atoms with van der Waals surface area (Å²) in [6.07, 6.45) is 1.21. The molecule has 0 atom stereocenters. The summed E-state index contributed by atoms with van der Waals surface area (Å²) in [6, 6.07) is 12.2. The molecule has 4 nitrogen and oxygen atoms in total. The molecule has 1 aliphatic rings. The molecule has 2 rings (SSSR count). The number of nitriles is 2. The second-order valence-electron chi connectivity index (χ2n) is 4.49. The van der Waals surface area contributed by atoms with Gasteiger partial charge in [0.05, 0.1) is 19.2 Å². The maximum atomic E-state index is 9.06. The van der Waals surface area contributed by atoms with Crippen LogP contribution in [0.5, 0.6) is 5.75 Å². The lowest BCUT2D eigenvalue weighted by Crippen LogP contribution is -2.38. The van der Waals surface area contributed by atoms with Crippen molar-refractivity contribution < 1.29 is 4.74 Å². The Labute approximate surface area is 107 Å². The average molecular weight is 241 g/mol. The summed E-state index contributed by atoms with van der Waals surface area (Å²) in [6.45, 7) is 1.49. The van der Waals surface area contributed by atoms with Crippen molar-refractivity contribution in [1.82, 2.24) is 0 Å². The van der Waals surface area contributed by atoms with Gasteiger partial charge in [0.2, 0.25) is 0 Å². The van der Waals surface area contributed by atoms with E-state index in [9.17, 15) is 0 Å². The van der Waals surface area contributed by atoms with E-state index in [1.165, 1.54) is 0 Å². The molecule has 0 amide bonds. The van der Waals surface area contributed by atoms with Crippen molar-refractivity contribution in [1.29, 1.82) is 10.5 Å². The first-order valence-electron chi connectivity index (χ1n) is 5.94. The van der Waals surface area contributed by atoms with Crippen LogP contribution in [0.25, 0.3) is 0 Å². The van der Waals surface area contributed by atoms with E-state index in [0.717, 1.165) is 24.5 Å². The summed E-state index contributed by atoms with van der Waals surface area (Å²) >= 11 is 0. The Morgan fingerprint density at radius 3 is 2.11 bits per heavy atom. The molecular formula is C14H15N3O. The van der Waals surface area contributed by atoms with Gasteiger partial charge in [-0.3, -0.25) is 0 Å². The van der Waals surface area contributed by atoms with E-state index in [-0.39, 0.29) is 0 Å². The van der Waals surface area contributed by atoms with Crippen LogP contribution in [-0.4, -0.2) is 20.2 Å². The van der Waals surface area contributed by atoms with Gasteiger partial charge < -0.3 is 9.64 Å². The van der Waals surface area contributed by atoms with E-state index in [2.05, 4.69) is 17.0 Å². The molecule has 1 aromatic carbocycles. The third-order valence-corrected chi connectivity index (χ3v) is 3.48. The van der Waals surface area contributed by atoms with Gasteiger partial charge in [0.1, 0.15) is 11.2 Å². The van der Waals surface area contributed by atoms with Gasteiger partial charge >= 0.3 is 0 Å². The fourth-order valence-electron chi connectivity index (χ4n) is 2.19. The highest BCUT2D eigenvalue weighted by Gasteiger charge is 2.34. The van der Waals surface area contributed by atoms with E-state index < -0.39 is 5.41 Å². The Kier molecular flexibility index (Phi) is 3.39. The molecule has 1 heterocycles. The molecule has 1 saturated heterocycles. The van der Waals surface area contributed by atoms with Crippen LogP contribution in [0.4, 0.5) is 5.69 Å². The zero-order chi connectivity index (χ0) is 13.0. The third kappa shape index (κ3) is 2.24. The first-order chi connectivity index (χ1) is 8.73. The van der Waals surface area contributed by atoms with Crippen molar-refractivity contribution in [3.63, 3.8) is 0 Å². The second-order valence-corrected chi connectivity index (χ2v) is 4.49. The van der Waals surface area contributed by atoms with Gasteiger partial charge in [-0.15, -0.1) is 0 Å². The predicted octanol–water partition coefficient (Wildman–Crippen LogP) is 2.33. The minimum Gasteiger partial charge on any atom is -0.497 e. The molecule has 1 fully saturated rings. The summed E-state index contributed by atoms with van der Waals surface area (Å²) in [4.78, 5) is 2.20. The van der Waals surface area contributed by atoms with Gasteiger partial charge in [-0.25, -0.2) is 0 Å². The van der Waals surface area contributed by atoms with Crippen molar-refractivity contribution in [2.75, 3.05) is 25.1 Å². The smallest absolute Gasteiger partial charge is 0.147 e. The standard InChI is InChI=1S/C14H15N3O/c1-18-13-4-2-12(3-5-13)17-8-6-14(10-15,11-16)7-9-17/h2-5H,6-9H2,1H3. The fraction of sp³-hybridized carbons (Fsp3) is 0.429. The summed E-state index contributed by atoms with van der Waals surface area (Å²) in [5.41, 5.74) is 0.323. The van der Waals surface area contributed by atoms with Crippen molar-refractivity contribution >= 4 is 5.69 Å². The van der Waals surface area contributed by atoms with Crippen molar-refractivity contribution in [2.24, 2.45) is 5.41 Å². The highest BCUT2D eigenvalue weighted by Crippen LogP contribution is 2.32. The van der Waals surface area contributed by atoms with E-state index >= 15 is 0 Å². The maximum Gasteiger partial charge on any atom is 0.147 e. The molecule has 0 saturated carbocycles. The normalized spacial score (nSPS) is 17.6. The molecule has 0 unspecified atom stereocenters. The van der Waals surface area contributed by atoms with E-state index in [1.54, 1.807) is 7.11 Å². The molecule has 1 aromatic rings. The van der Waals surface area contributed by atoms with Gasteiger partial charge in [-0.1, -0.05) is 0 Å². The molecule has 4 heteroatoms. The Balaban J connectivity index is 2.06. The third-order valence-electron chi connectivity index (χ3n) is 3.48. The molecule has 92 valence electrons. The minimum atomic E-state index is -0.789. The molecule has 1 aliphatic heterocycles. The zero-order valence-electron chi connectivity index (χ0n) is 10.4. The number of hydrogen-bond donors (Lipinski definition) is 0. The molecule has 0 bridgehead atoms. The Hall–Kier alpha value is -2.20. The summed E-state index contributed by atoms with van der Waals surface area (Å²) in [5.74, 6) is 0.833. The molecule has 0 spiro atoms. The maximum absolute atomic E-state index is 9.06. The largest absolute Gasteiger partial charge is 0.497 e. The lowest BCUT2D eigenvalue weighted by molar-refractivity contribution is 0.393. The number of nitrogens with zero attached hydrogens (tertiary/aromatic N) is 3. The van der Waals surface area contributed by atoms with E-state index in [1.807, 2.05) is 24.3 Å². The zero-order valence-corrected chi connectivity index (χ0v) is 10.4. The predicted molar refractivity (Wildman–Crippen MR) is 68.1 cm³/mol. The number of rotatable bonds is 2. The molecular weight excluding hydrogens is 226 g/mol. The lowest BCUT2D eigenvalue weighted by atomic mass is 9.81. The fourth-order valence-corrected chi connectivity index (χ4v) is 2.19. The SMILES string of the molecule is COc1ccc(N2CCC(C#N)(C#N)CC2)cc1. The van der Waals surface area contributed by atoms with Gasteiger partial charge in [0.15, 0.2) is 0 Å². The Morgan fingerprint density at radius 2 is 1.67 bits per heavy atom. The molecule has 18 heavy (non-hydrogen) atoms. The lowest BCUT2D eigenvalue weighted by Gasteiger charge is -2.34. The van der Waals surface area contributed by atoms with Crippen molar-refractivity contribution in [2.45, 2.75) is 12.8 Å². The topological polar surface area (TPSA) is 60.0 Å². The number of methoxy groups -OCH3 is 1. The van der Waals surface area contributed by atoms with Crippen molar-refractivity contribution in [3.05, 3.63) is 24.3 Å². The highest BCUT2D eigenvalue weighted by molar-refractivity contribution is 5.49. The molecule has 0 aliphatic carbocycles. The van der Waals surface area contributed by atoms with Crippen molar-refractivity contribution in [3.8, 4) is 17.9 Å².